The highest BCUT2D eigenvalue weighted by molar-refractivity contribution is 6.05. The van der Waals surface area contributed by atoms with Crippen LogP contribution in [0.4, 0.5) is 0 Å². The summed E-state index contributed by atoms with van der Waals surface area (Å²) in [4.78, 5) is 25.3. The molecule has 3 aromatic rings. The van der Waals surface area contributed by atoms with E-state index >= 15 is 0 Å². The second-order valence-electron chi connectivity index (χ2n) is 6.25. The maximum atomic E-state index is 12.8. The van der Waals surface area contributed by atoms with E-state index in [1.54, 1.807) is 60.7 Å². The molecular weight excluding hydrogens is 372 g/mol. The zero-order valence-electron chi connectivity index (χ0n) is 15.4. The quantitative estimate of drug-likeness (QED) is 0.632. The Kier molecular flexibility index (Phi) is 5.29. The predicted molar refractivity (Wildman–Crippen MR) is 105 cm³/mol. The molecule has 2 amide bonds. The van der Waals surface area contributed by atoms with Crippen molar-refractivity contribution in [1.29, 1.82) is 0 Å². The molecule has 0 fully saturated rings. The van der Waals surface area contributed by atoms with Crippen molar-refractivity contribution in [3.05, 3.63) is 89.5 Å². The standard InChI is InChI=1S/C22H18N2O5/c25-21(16-5-2-1-3-6-16)24-18(22(26)23-13-17-7-4-10-27-17)11-15-8-9-19-20(12-15)29-14-28-19/h1-12H,13-14H2,(H,23,26)(H,24,25). The van der Waals surface area contributed by atoms with Crippen LogP contribution in [0.3, 0.4) is 0 Å². The minimum absolute atomic E-state index is 0.101. The molecule has 2 aromatic carbocycles. The van der Waals surface area contributed by atoms with Crippen LogP contribution < -0.4 is 20.1 Å². The van der Waals surface area contributed by atoms with Crippen molar-refractivity contribution in [3.63, 3.8) is 0 Å². The summed E-state index contributed by atoms with van der Waals surface area (Å²) in [5.74, 6) is 1.01. The van der Waals surface area contributed by atoms with Gasteiger partial charge in [0.25, 0.3) is 11.8 Å². The first-order valence-corrected chi connectivity index (χ1v) is 8.97. The van der Waals surface area contributed by atoms with Crippen LogP contribution >= 0.6 is 0 Å². The topological polar surface area (TPSA) is 89.8 Å². The summed E-state index contributed by atoms with van der Waals surface area (Å²) >= 11 is 0. The zero-order valence-corrected chi connectivity index (χ0v) is 15.4. The van der Waals surface area contributed by atoms with E-state index in [9.17, 15) is 9.59 Å². The Morgan fingerprint density at radius 2 is 1.79 bits per heavy atom. The third-order valence-corrected chi connectivity index (χ3v) is 4.24. The molecule has 2 heterocycles. The summed E-state index contributed by atoms with van der Waals surface area (Å²) in [5, 5.41) is 5.43. The summed E-state index contributed by atoms with van der Waals surface area (Å²) in [6, 6.07) is 17.5. The average Bonchev–Trinajstić information content (AvgIpc) is 3.43. The fourth-order valence-corrected chi connectivity index (χ4v) is 2.79. The number of carbonyl (C=O) groups is 2. The second-order valence-corrected chi connectivity index (χ2v) is 6.25. The Labute approximate surface area is 166 Å². The van der Waals surface area contributed by atoms with E-state index in [2.05, 4.69) is 10.6 Å². The lowest BCUT2D eigenvalue weighted by atomic mass is 10.1. The Balaban J connectivity index is 1.57. The van der Waals surface area contributed by atoms with Crippen LogP contribution in [-0.4, -0.2) is 18.6 Å². The molecule has 7 heteroatoms. The molecule has 7 nitrogen and oxygen atoms in total. The molecule has 1 aromatic heterocycles. The van der Waals surface area contributed by atoms with Crippen LogP contribution in [0.1, 0.15) is 21.7 Å². The molecular formula is C22H18N2O5. The minimum atomic E-state index is -0.441. The number of rotatable bonds is 6. The Morgan fingerprint density at radius 1 is 0.966 bits per heavy atom. The molecule has 0 atom stereocenters. The molecule has 0 bridgehead atoms. The number of amides is 2. The molecule has 1 aliphatic rings. The summed E-state index contributed by atoms with van der Waals surface area (Å²) in [5.41, 5.74) is 1.23. The van der Waals surface area contributed by atoms with Crippen LogP contribution in [0, 0.1) is 0 Å². The summed E-state index contributed by atoms with van der Waals surface area (Å²) in [7, 11) is 0. The van der Waals surface area contributed by atoms with E-state index in [0.717, 1.165) is 0 Å². The predicted octanol–water partition coefficient (Wildman–Crippen LogP) is 3.10. The van der Waals surface area contributed by atoms with Gasteiger partial charge >= 0.3 is 0 Å². The van der Waals surface area contributed by atoms with Gasteiger partial charge in [0, 0.05) is 5.56 Å². The van der Waals surface area contributed by atoms with Crippen molar-refractivity contribution in [3.8, 4) is 11.5 Å². The highest BCUT2D eigenvalue weighted by atomic mass is 16.7. The molecule has 0 spiro atoms. The Bertz CT molecular complexity index is 1040. The lowest BCUT2D eigenvalue weighted by Gasteiger charge is -2.11. The number of hydrogen-bond donors (Lipinski definition) is 2. The van der Waals surface area contributed by atoms with E-state index in [0.29, 0.717) is 28.4 Å². The maximum Gasteiger partial charge on any atom is 0.268 e. The van der Waals surface area contributed by atoms with Gasteiger partial charge in [-0.1, -0.05) is 24.3 Å². The highest BCUT2D eigenvalue weighted by Crippen LogP contribution is 2.33. The van der Waals surface area contributed by atoms with Crippen LogP contribution in [0.2, 0.25) is 0 Å². The third kappa shape index (κ3) is 4.47. The van der Waals surface area contributed by atoms with E-state index in [1.165, 1.54) is 6.26 Å². The molecule has 29 heavy (non-hydrogen) atoms. The smallest absolute Gasteiger partial charge is 0.268 e. The molecule has 0 unspecified atom stereocenters. The normalized spacial score (nSPS) is 12.5. The van der Waals surface area contributed by atoms with Gasteiger partial charge in [0.05, 0.1) is 12.8 Å². The van der Waals surface area contributed by atoms with E-state index in [-0.39, 0.29) is 24.9 Å². The number of fused-ring (bicyclic) bond motifs is 1. The number of benzene rings is 2. The number of ether oxygens (including phenoxy) is 2. The maximum absolute atomic E-state index is 12.8. The molecule has 0 saturated carbocycles. The fourth-order valence-electron chi connectivity index (χ4n) is 2.79. The van der Waals surface area contributed by atoms with Crippen molar-refractivity contribution in [1.82, 2.24) is 10.6 Å². The lowest BCUT2D eigenvalue weighted by Crippen LogP contribution is -2.34. The zero-order chi connectivity index (χ0) is 20.1. The van der Waals surface area contributed by atoms with Gasteiger partial charge in [0.1, 0.15) is 11.5 Å². The summed E-state index contributed by atoms with van der Waals surface area (Å²) in [6.45, 7) is 0.356. The molecule has 146 valence electrons. The van der Waals surface area contributed by atoms with Crippen molar-refractivity contribution < 1.29 is 23.5 Å². The van der Waals surface area contributed by atoms with Crippen molar-refractivity contribution in [2.24, 2.45) is 0 Å². The van der Waals surface area contributed by atoms with Gasteiger partial charge in [-0.25, -0.2) is 0 Å². The van der Waals surface area contributed by atoms with Gasteiger partial charge < -0.3 is 24.5 Å². The SMILES string of the molecule is O=C(NCc1ccco1)C(=Cc1ccc2c(c1)OCO2)NC(=O)c1ccccc1. The number of furan rings is 1. The van der Waals surface area contributed by atoms with Gasteiger partial charge in [-0.2, -0.15) is 0 Å². The van der Waals surface area contributed by atoms with Crippen molar-refractivity contribution in [2.75, 3.05) is 6.79 Å². The third-order valence-electron chi connectivity index (χ3n) is 4.24. The van der Waals surface area contributed by atoms with Gasteiger partial charge in [0.2, 0.25) is 6.79 Å². The van der Waals surface area contributed by atoms with E-state index < -0.39 is 5.91 Å². The first kappa shape index (κ1) is 18.4. The molecule has 2 N–H and O–H groups in total. The van der Waals surface area contributed by atoms with Crippen molar-refractivity contribution >= 4 is 17.9 Å². The van der Waals surface area contributed by atoms with Gasteiger partial charge in [0.15, 0.2) is 11.5 Å². The van der Waals surface area contributed by atoms with Crippen molar-refractivity contribution in [2.45, 2.75) is 6.54 Å². The first-order chi connectivity index (χ1) is 14.2. The number of hydrogen-bond acceptors (Lipinski definition) is 5. The van der Waals surface area contributed by atoms with Crippen LogP contribution in [0.15, 0.2) is 77.0 Å². The number of nitrogens with one attached hydrogen (secondary N) is 2. The van der Waals surface area contributed by atoms with Crippen LogP contribution in [0.25, 0.3) is 6.08 Å². The van der Waals surface area contributed by atoms with E-state index in [4.69, 9.17) is 13.9 Å². The largest absolute Gasteiger partial charge is 0.467 e. The van der Waals surface area contributed by atoms with Gasteiger partial charge in [-0.05, 0) is 48.0 Å². The summed E-state index contributed by atoms with van der Waals surface area (Å²) in [6.07, 6.45) is 3.11. The first-order valence-electron chi connectivity index (χ1n) is 8.97. The van der Waals surface area contributed by atoms with Gasteiger partial charge in [-0.15, -0.1) is 0 Å². The fraction of sp³-hybridized carbons (Fsp3) is 0.0909. The number of carbonyl (C=O) groups excluding carboxylic acids is 2. The van der Waals surface area contributed by atoms with Crippen LogP contribution in [0.5, 0.6) is 11.5 Å². The average molecular weight is 390 g/mol. The lowest BCUT2D eigenvalue weighted by molar-refractivity contribution is -0.118. The highest BCUT2D eigenvalue weighted by Gasteiger charge is 2.17. The Hall–Kier alpha value is -4.00. The Morgan fingerprint density at radius 3 is 2.59 bits per heavy atom. The van der Waals surface area contributed by atoms with Crippen LogP contribution in [-0.2, 0) is 11.3 Å². The molecule has 0 radical (unpaired) electrons. The van der Waals surface area contributed by atoms with Gasteiger partial charge in [-0.3, -0.25) is 9.59 Å². The van der Waals surface area contributed by atoms with E-state index in [1.807, 2.05) is 6.07 Å². The summed E-state index contributed by atoms with van der Waals surface area (Å²) < 4.78 is 15.9. The monoisotopic (exact) mass is 390 g/mol. The molecule has 4 rings (SSSR count). The minimum Gasteiger partial charge on any atom is -0.467 e. The molecule has 1 aliphatic heterocycles. The second kappa shape index (κ2) is 8.35. The molecule has 0 saturated heterocycles. The molecule has 0 aliphatic carbocycles.